The SMILES string of the molecule is CS(=O)(=O)c1ccc(CN2CCCC[C@H]2CN2CCOCC2)cc1. The highest BCUT2D eigenvalue weighted by Crippen LogP contribution is 2.21. The van der Waals surface area contributed by atoms with E-state index in [1.54, 1.807) is 12.1 Å². The summed E-state index contributed by atoms with van der Waals surface area (Å²) >= 11 is 0. The van der Waals surface area contributed by atoms with E-state index in [-0.39, 0.29) is 0 Å². The molecule has 0 radical (unpaired) electrons. The molecule has 5 nitrogen and oxygen atoms in total. The van der Waals surface area contributed by atoms with Crippen LogP contribution < -0.4 is 0 Å². The summed E-state index contributed by atoms with van der Waals surface area (Å²) in [5.74, 6) is 0. The van der Waals surface area contributed by atoms with Gasteiger partial charge in [0, 0.05) is 38.5 Å². The van der Waals surface area contributed by atoms with Crippen molar-refractivity contribution in [2.24, 2.45) is 0 Å². The van der Waals surface area contributed by atoms with Crippen LogP contribution in [-0.2, 0) is 21.1 Å². The zero-order chi connectivity index (χ0) is 17.0. The third-order valence-corrected chi connectivity index (χ3v) is 6.19. The van der Waals surface area contributed by atoms with E-state index in [1.165, 1.54) is 31.1 Å². The Bertz CT molecular complexity index is 624. The standard InChI is InChI=1S/C18H28N2O3S/c1-24(21,22)18-7-5-16(6-8-18)14-20-9-3-2-4-17(20)15-19-10-12-23-13-11-19/h5-8,17H,2-4,9-15H2,1H3/t17-/m0/s1. The molecule has 6 heteroatoms. The van der Waals surface area contributed by atoms with E-state index in [0.717, 1.165) is 45.9 Å². The van der Waals surface area contributed by atoms with Crippen molar-refractivity contribution in [3.8, 4) is 0 Å². The van der Waals surface area contributed by atoms with Crippen LogP contribution in [0, 0.1) is 0 Å². The van der Waals surface area contributed by atoms with Gasteiger partial charge in [-0.3, -0.25) is 9.80 Å². The van der Waals surface area contributed by atoms with Crippen LogP contribution >= 0.6 is 0 Å². The highest BCUT2D eigenvalue weighted by Gasteiger charge is 2.25. The van der Waals surface area contributed by atoms with Gasteiger partial charge in [0.15, 0.2) is 9.84 Å². The lowest BCUT2D eigenvalue weighted by Gasteiger charge is -2.39. The van der Waals surface area contributed by atoms with Crippen molar-refractivity contribution in [2.75, 3.05) is 45.6 Å². The summed E-state index contributed by atoms with van der Waals surface area (Å²) in [6.07, 6.45) is 5.06. The molecular formula is C18H28N2O3S. The summed E-state index contributed by atoms with van der Waals surface area (Å²) in [5, 5.41) is 0. The molecule has 3 rings (SSSR count). The maximum atomic E-state index is 11.6. The smallest absolute Gasteiger partial charge is 0.175 e. The monoisotopic (exact) mass is 352 g/mol. The van der Waals surface area contributed by atoms with Crippen LogP contribution in [0.1, 0.15) is 24.8 Å². The molecule has 0 unspecified atom stereocenters. The third kappa shape index (κ3) is 4.79. The lowest BCUT2D eigenvalue weighted by Crippen LogP contribution is -2.49. The normalized spacial score (nSPS) is 24.1. The van der Waals surface area contributed by atoms with Crippen LogP contribution in [0.25, 0.3) is 0 Å². The number of hydrogen-bond donors (Lipinski definition) is 0. The average molecular weight is 353 g/mol. The van der Waals surface area contributed by atoms with Crippen molar-refractivity contribution >= 4 is 9.84 Å². The van der Waals surface area contributed by atoms with Gasteiger partial charge < -0.3 is 4.74 Å². The van der Waals surface area contributed by atoms with Gasteiger partial charge in [0.1, 0.15) is 0 Å². The van der Waals surface area contributed by atoms with Gasteiger partial charge in [0.2, 0.25) is 0 Å². The fourth-order valence-electron chi connectivity index (χ4n) is 3.63. The summed E-state index contributed by atoms with van der Waals surface area (Å²) in [4.78, 5) is 5.47. The van der Waals surface area contributed by atoms with Crippen LogP contribution in [0.5, 0.6) is 0 Å². The molecule has 0 aliphatic carbocycles. The summed E-state index contributed by atoms with van der Waals surface area (Å²) in [7, 11) is -3.11. The number of nitrogens with zero attached hydrogens (tertiary/aromatic N) is 2. The van der Waals surface area contributed by atoms with Crippen LogP contribution in [0.4, 0.5) is 0 Å². The Morgan fingerprint density at radius 3 is 2.46 bits per heavy atom. The maximum absolute atomic E-state index is 11.6. The molecule has 1 aromatic carbocycles. The molecule has 0 aromatic heterocycles. The fourth-order valence-corrected chi connectivity index (χ4v) is 4.26. The second-order valence-electron chi connectivity index (χ2n) is 6.95. The Labute approximate surface area is 145 Å². The van der Waals surface area contributed by atoms with Crippen LogP contribution in [0.3, 0.4) is 0 Å². The van der Waals surface area contributed by atoms with Crippen molar-refractivity contribution in [2.45, 2.75) is 36.7 Å². The highest BCUT2D eigenvalue weighted by molar-refractivity contribution is 7.90. The molecule has 0 amide bonds. The number of likely N-dealkylation sites (tertiary alicyclic amines) is 1. The number of morpholine rings is 1. The van der Waals surface area contributed by atoms with Gasteiger partial charge in [-0.05, 0) is 37.1 Å². The molecule has 2 aliphatic rings. The second-order valence-corrected chi connectivity index (χ2v) is 8.96. The Morgan fingerprint density at radius 1 is 1.08 bits per heavy atom. The largest absolute Gasteiger partial charge is 0.379 e. The van der Waals surface area contributed by atoms with Crippen molar-refractivity contribution in [1.82, 2.24) is 9.80 Å². The van der Waals surface area contributed by atoms with Gasteiger partial charge in [-0.2, -0.15) is 0 Å². The topological polar surface area (TPSA) is 49.9 Å². The zero-order valence-corrected chi connectivity index (χ0v) is 15.3. The first kappa shape index (κ1) is 17.9. The number of hydrogen-bond acceptors (Lipinski definition) is 5. The second kappa shape index (κ2) is 7.95. The van der Waals surface area contributed by atoms with Crippen molar-refractivity contribution in [3.63, 3.8) is 0 Å². The predicted octanol–water partition coefficient (Wildman–Crippen LogP) is 1.78. The first-order chi connectivity index (χ1) is 11.5. The highest BCUT2D eigenvalue weighted by atomic mass is 32.2. The molecule has 2 saturated heterocycles. The Kier molecular flexibility index (Phi) is 5.92. The summed E-state index contributed by atoms with van der Waals surface area (Å²) in [6.45, 7) is 6.91. The molecule has 2 aliphatic heterocycles. The van der Waals surface area contributed by atoms with Gasteiger partial charge in [-0.1, -0.05) is 18.6 Å². The summed E-state index contributed by atoms with van der Waals surface area (Å²) in [5.41, 5.74) is 1.19. The Hall–Kier alpha value is -0.950. The van der Waals surface area contributed by atoms with Crippen LogP contribution in [0.2, 0.25) is 0 Å². The fraction of sp³-hybridized carbons (Fsp3) is 0.667. The molecule has 2 heterocycles. The van der Waals surface area contributed by atoms with E-state index in [9.17, 15) is 8.42 Å². The van der Waals surface area contributed by atoms with E-state index in [4.69, 9.17) is 4.74 Å². The van der Waals surface area contributed by atoms with Gasteiger partial charge in [0.25, 0.3) is 0 Å². The van der Waals surface area contributed by atoms with Gasteiger partial charge in [-0.25, -0.2) is 8.42 Å². The van der Waals surface area contributed by atoms with Crippen LogP contribution in [0.15, 0.2) is 29.2 Å². The Balaban J connectivity index is 1.62. The number of benzene rings is 1. The zero-order valence-electron chi connectivity index (χ0n) is 14.5. The minimum absolute atomic E-state index is 0.398. The van der Waals surface area contributed by atoms with E-state index in [0.29, 0.717) is 10.9 Å². The van der Waals surface area contributed by atoms with Gasteiger partial charge in [-0.15, -0.1) is 0 Å². The van der Waals surface area contributed by atoms with Gasteiger partial charge in [0.05, 0.1) is 18.1 Å². The minimum atomic E-state index is -3.11. The number of piperidine rings is 1. The molecule has 0 N–H and O–H groups in total. The quantitative estimate of drug-likeness (QED) is 0.808. The molecule has 2 fully saturated rings. The number of rotatable bonds is 5. The van der Waals surface area contributed by atoms with E-state index < -0.39 is 9.84 Å². The summed E-state index contributed by atoms with van der Waals surface area (Å²) < 4.78 is 28.6. The predicted molar refractivity (Wildman–Crippen MR) is 94.9 cm³/mol. The molecule has 0 bridgehead atoms. The third-order valence-electron chi connectivity index (χ3n) is 5.06. The lowest BCUT2D eigenvalue weighted by atomic mass is 10.0. The summed E-state index contributed by atoms with van der Waals surface area (Å²) in [6, 6.07) is 7.96. The van der Waals surface area contributed by atoms with Crippen molar-refractivity contribution in [1.29, 1.82) is 0 Å². The number of ether oxygens (including phenoxy) is 1. The molecule has 0 saturated carbocycles. The van der Waals surface area contributed by atoms with E-state index in [1.807, 2.05) is 12.1 Å². The van der Waals surface area contributed by atoms with E-state index in [2.05, 4.69) is 9.80 Å². The van der Waals surface area contributed by atoms with Crippen molar-refractivity contribution in [3.05, 3.63) is 29.8 Å². The Morgan fingerprint density at radius 2 is 1.79 bits per heavy atom. The molecule has 24 heavy (non-hydrogen) atoms. The van der Waals surface area contributed by atoms with Crippen LogP contribution in [-0.4, -0.2) is 69.9 Å². The lowest BCUT2D eigenvalue weighted by molar-refractivity contribution is 0.0153. The maximum Gasteiger partial charge on any atom is 0.175 e. The number of sulfone groups is 1. The van der Waals surface area contributed by atoms with Crippen molar-refractivity contribution < 1.29 is 13.2 Å². The van der Waals surface area contributed by atoms with E-state index >= 15 is 0 Å². The first-order valence-electron chi connectivity index (χ1n) is 8.85. The molecule has 0 spiro atoms. The van der Waals surface area contributed by atoms with Gasteiger partial charge >= 0.3 is 0 Å². The minimum Gasteiger partial charge on any atom is -0.379 e. The average Bonchev–Trinajstić information content (AvgIpc) is 2.57. The molecular weight excluding hydrogens is 324 g/mol. The molecule has 1 atom stereocenters. The molecule has 134 valence electrons. The first-order valence-corrected chi connectivity index (χ1v) is 10.7. The molecule has 1 aromatic rings.